The van der Waals surface area contributed by atoms with Crippen LogP contribution in [0.1, 0.15) is 40.7 Å². The number of hydrogen-bond acceptors (Lipinski definition) is 7. The zero-order chi connectivity index (χ0) is 22.2. The van der Waals surface area contributed by atoms with Gasteiger partial charge < -0.3 is 19.2 Å². The third kappa shape index (κ3) is 3.34. The van der Waals surface area contributed by atoms with E-state index >= 15 is 0 Å². The Balaban J connectivity index is 1.57. The van der Waals surface area contributed by atoms with E-state index in [-0.39, 0.29) is 29.7 Å². The van der Waals surface area contributed by atoms with Crippen LogP contribution >= 0.6 is 0 Å². The molecule has 32 heavy (non-hydrogen) atoms. The number of esters is 1. The summed E-state index contributed by atoms with van der Waals surface area (Å²) in [5.74, 6) is 0.151. The fraction of sp³-hybridized carbons (Fsp3) is 0.250. The molecule has 0 radical (unpaired) electrons. The minimum Gasteiger partial charge on any atom is -0.508 e. The fourth-order valence-electron chi connectivity index (χ4n) is 4.68. The number of hydrogen-bond donors (Lipinski definition) is 3. The van der Waals surface area contributed by atoms with Crippen molar-refractivity contribution in [2.75, 3.05) is 11.5 Å². The molecule has 4 atom stereocenters. The third-order valence-electron chi connectivity index (χ3n) is 6.03. The van der Waals surface area contributed by atoms with Crippen LogP contribution in [0, 0.1) is 5.92 Å². The minimum absolute atomic E-state index is 0.103. The number of amides is 1. The molecule has 2 saturated heterocycles. The number of furan rings is 1. The molecule has 2 fully saturated rings. The molecule has 5 rings (SSSR count). The van der Waals surface area contributed by atoms with Crippen LogP contribution in [0.2, 0.25) is 0 Å². The van der Waals surface area contributed by atoms with Crippen molar-refractivity contribution < 1.29 is 23.8 Å². The molecule has 0 bridgehead atoms. The Morgan fingerprint density at radius 2 is 1.88 bits per heavy atom. The lowest BCUT2D eigenvalue weighted by Crippen LogP contribution is -2.41. The van der Waals surface area contributed by atoms with Crippen molar-refractivity contribution in [3.63, 3.8) is 0 Å². The Hall–Kier alpha value is -3.62. The Morgan fingerprint density at radius 3 is 2.56 bits per heavy atom. The van der Waals surface area contributed by atoms with Crippen LogP contribution in [0.15, 0.2) is 71.3 Å². The molecule has 3 aromatic rings. The molecule has 8 heteroatoms. The summed E-state index contributed by atoms with van der Waals surface area (Å²) in [5, 5.41) is 10.1. The van der Waals surface area contributed by atoms with Crippen LogP contribution in [0.4, 0.5) is 5.69 Å². The zero-order valence-corrected chi connectivity index (χ0v) is 17.4. The van der Waals surface area contributed by atoms with Gasteiger partial charge in [0.1, 0.15) is 17.6 Å². The predicted octanol–water partition coefficient (Wildman–Crippen LogP) is 3.08. The quantitative estimate of drug-likeness (QED) is 0.531. The molecule has 3 N–H and O–H groups in total. The Kier molecular flexibility index (Phi) is 5.16. The van der Waals surface area contributed by atoms with Crippen molar-refractivity contribution in [2.24, 2.45) is 5.92 Å². The smallest absolute Gasteiger partial charge is 0.338 e. The van der Waals surface area contributed by atoms with Gasteiger partial charge in [0.2, 0.25) is 5.91 Å². The first-order chi connectivity index (χ1) is 15.6. The van der Waals surface area contributed by atoms with Gasteiger partial charge in [-0.05, 0) is 61.0 Å². The lowest BCUT2D eigenvalue weighted by Gasteiger charge is -2.30. The average Bonchev–Trinajstić information content (AvgIpc) is 3.52. The molecule has 8 nitrogen and oxygen atoms in total. The monoisotopic (exact) mass is 433 g/mol. The second-order valence-corrected chi connectivity index (χ2v) is 7.85. The summed E-state index contributed by atoms with van der Waals surface area (Å²) < 4.78 is 10.7. The highest BCUT2D eigenvalue weighted by atomic mass is 16.5. The first kappa shape index (κ1) is 20.3. The Morgan fingerprint density at radius 1 is 1.09 bits per heavy atom. The Labute approximate surface area is 184 Å². The molecule has 1 aromatic heterocycles. The molecule has 2 aromatic carbocycles. The summed E-state index contributed by atoms with van der Waals surface area (Å²) in [6.45, 7) is 2.05. The van der Waals surface area contributed by atoms with Crippen LogP contribution in [-0.2, 0) is 9.53 Å². The predicted molar refractivity (Wildman–Crippen MR) is 116 cm³/mol. The van der Waals surface area contributed by atoms with Gasteiger partial charge in [-0.2, -0.15) is 0 Å². The standard InChI is InChI=1S/C24H23N3O5/c1-2-31-24(30)14-8-10-16(11-9-14)27-22(15-5-3-6-17(28)13-15)19-20(18-7-4-12-32-18)25-26-21(19)23(27)29/h3-13,19-22,25-26,28H,2H2,1H3. The molecule has 4 unspecified atom stereocenters. The topological polar surface area (TPSA) is 104 Å². The van der Waals surface area contributed by atoms with E-state index in [4.69, 9.17) is 9.15 Å². The first-order valence-electron chi connectivity index (χ1n) is 10.5. The van der Waals surface area contributed by atoms with E-state index in [0.29, 0.717) is 17.9 Å². The summed E-state index contributed by atoms with van der Waals surface area (Å²) in [6, 6.07) is 16.4. The first-order valence-corrected chi connectivity index (χ1v) is 10.5. The van der Waals surface area contributed by atoms with E-state index in [1.807, 2.05) is 18.2 Å². The van der Waals surface area contributed by atoms with Crippen LogP contribution in [-0.4, -0.2) is 29.6 Å². The molecule has 1 amide bonds. The van der Waals surface area contributed by atoms with Gasteiger partial charge in [-0.1, -0.05) is 12.1 Å². The number of rotatable bonds is 5. The number of aromatic hydroxyl groups is 1. The van der Waals surface area contributed by atoms with Crippen molar-refractivity contribution in [1.82, 2.24) is 10.9 Å². The number of nitrogens with one attached hydrogen (secondary N) is 2. The minimum atomic E-state index is -0.484. The van der Waals surface area contributed by atoms with E-state index in [1.54, 1.807) is 60.6 Å². The Bertz CT molecular complexity index is 1130. The molecule has 2 aliphatic rings. The number of fused-ring (bicyclic) bond motifs is 1. The van der Waals surface area contributed by atoms with Crippen LogP contribution < -0.4 is 15.8 Å². The number of carbonyl (C=O) groups excluding carboxylic acids is 2. The third-order valence-corrected chi connectivity index (χ3v) is 6.03. The highest BCUT2D eigenvalue weighted by Crippen LogP contribution is 2.49. The number of nitrogens with zero attached hydrogens (tertiary/aromatic N) is 1. The second-order valence-electron chi connectivity index (χ2n) is 7.85. The van der Waals surface area contributed by atoms with Crippen molar-refractivity contribution in [2.45, 2.75) is 25.0 Å². The average molecular weight is 433 g/mol. The van der Waals surface area contributed by atoms with Gasteiger partial charge in [-0.15, -0.1) is 0 Å². The lowest BCUT2D eigenvalue weighted by atomic mass is 9.85. The molecular formula is C24H23N3O5. The number of phenols is 1. The fourth-order valence-corrected chi connectivity index (χ4v) is 4.68. The van der Waals surface area contributed by atoms with Crippen molar-refractivity contribution >= 4 is 17.6 Å². The van der Waals surface area contributed by atoms with Crippen LogP contribution in [0.3, 0.4) is 0 Å². The van der Waals surface area contributed by atoms with Gasteiger partial charge in [-0.25, -0.2) is 15.6 Å². The summed E-state index contributed by atoms with van der Waals surface area (Å²) in [7, 11) is 0. The normalized spacial score (nSPS) is 24.5. The van der Waals surface area contributed by atoms with Gasteiger partial charge in [-0.3, -0.25) is 4.79 Å². The maximum absolute atomic E-state index is 13.5. The molecule has 0 aliphatic carbocycles. The van der Waals surface area contributed by atoms with E-state index in [9.17, 15) is 14.7 Å². The zero-order valence-electron chi connectivity index (χ0n) is 17.4. The van der Waals surface area contributed by atoms with Gasteiger partial charge >= 0.3 is 5.97 Å². The highest BCUT2D eigenvalue weighted by molar-refractivity contribution is 6.02. The maximum atomic E-state index is 13.5. The molecule has 164 valence electrons. The van der Waals surface area contributed by atoms with E-state index < -0.39 is 12.0 Å². The number of carbonyl (C=O) groups is 2. The second kappa shape index (κ2) is 8.14. The molecular weight excluding hydrogens is 410 g/mol. The lowest BCUT2D eigenvalue weighted by molar-refractivity contribution is -0.119. The summed E-state index contributed by atoms with van der Waals surface area (Å²) in [5.41, 5.74) is 8.22. The summed E-state index contributed by atoms with van der Waals surface area (Å²) >= 11 is 0. The van der Waals surface area contributed by atoms with E-state index in [0.717, 1.165) is 11.3 Å². The van der Waals surface area contributed by atoms with Gasteiger partial charge in [0, 0.05) is 11.6 Å². The number of phenolic OH excluding ortho intramolecular Hbond substituents is 1. The maximum Gasteiger partial charge on any atom is 0.338 e. The molecule has 2 aliphatic heterocycles. The molecule has 0 spiro atoms. The number of hydrazine groups is 1. The highest BCUT2D eigenvalue weighted by Gasteiger charge is 2.56. The SMILES string of the molecule is CCOC(=O)c1ccc(N2C(=O)C3NNC(c4ccco4)C3C2c2cccc(O)c2)cc1. The largest absolute Gasteiger partial charge is 0.508 e. The summed E-state index contributed by atoms with van der Waals surface area (Å²) in [6.07, 6.45) is 1.61. The van der Waals surface area contributed by atoms with Gasteiger partial charge in [0.15, 0.2) is 0 Å². The van der Waals surface area contributed by atoms with Crippen molar-refractivity contribution in [3.05, 3.63) is 83.8 Å². The molecule has 3 heterocycles. The summed E-state index contributed by atoms with van der Waals surface area (Å²) in [4.78, 5) is 27.3. The van der Waals surface area contributed by atoms with Crippen molar-refractivity contribution in [1.29, 1.82) is 0 Å². The van der Waals surface area contributed by atoms with E-state index in [2.05, 4.69) is 10.9 Å². The molecule has 0 saturated carbocycles. The van der Waals surface area contributed by atoms with Crippen LogP contribution in [0.5, 0.6) is 5.75 Å². The van der Waals surface area contributed by atoms with Crippen LogP contribution in [0.25, 0.3) is 0 Å². The van der Waals surface area contributed by atoms with Crippen molar-refractivity contribution in [3.8, 4) is 5.75 Å². The number of anilines is 1. The number of ether oxygens (including phenoxy) is 1. The van der Waals surface area contributed by atoms with E-state index in [1.165, 1.54) is 0 Å². The number of benzene rings is 2. The van der Waals surface area contributed by atoms with Gasteiger partial charge in [0.05, 0.1) is 30.5 Å². The van der Waals surface area contributed by atoms with Gasteiger partial charge in [0.25, 0.3) is 0 Å².